The third-order valence-electron chi connectivity index (χ3n) is 2.30. The average Bonchev–Trinajstić information content (AvgIpc) is 2.65. The van der Waals surface area contributed by atoms with E-state index in [1.54, 1.807) is 11.3 Å². The van der Waals surface area contributed by atoms with Gasteiger partial charge in [0, 0.05) is 9.75 Å². The molecule has 1 unspecified atom stereocenters. The number of thiophene rings is 1. The largest absolute Gasteiger partial charge is 0.465 e. The molecule has 0 amide bonds. The first-order chi connectivity index (χ1) is 8.04. The molecule has 1 N–H and O–H groups in total. The van der Waals surface area contributed by atoms with Crippen molar-refractivity contribution in [2.45, 2.75) is 33.7 Å². The van der Waals surface area contributed by atoms with Crippen molar-refractivity contribution in [2.75, 3.05) is 13.2 Å². The molecule has 1 aromatic heterocycles. The van der Waals surface area contributed by atoms with Gasteiger partial charge in [-0.1, -0.05) is 13.8 Å². The summed E-state index contributed by atoms with van der Waals surface area (Å²) in [6.07, 6.45) is 0. The molecule has 0 bridgehead atoms. The van der Waals surface area contributed by atoms with Crippen molar-refractivity contribution in [1.29, 1.82) is 0 Å². The Morgan fingerprint density at radius 2 is 2.18 bits per heavy atom. The summed E-state index contributed by atoms with van der Waals surface area (Å²) in [6.45, 7) is 9.34. The summed E-state index contributed by atoms with van der Waals surface area (Å²) < 4.78 is 5.11. The second-order valence-electron chi connectivity index (χ2n) is 4.44. The van der Waals surface area contributed by atoms with Crippen LogP contribution in [-0.2, 0) is 9.53 Å². The van der Waals surface area contributed by atoms with Crippen LogP contribution < -0.4 is 5.32 Å². The van der Waals surface area contributed by atoms with E-state index in [1.807, 2.05) is 26.0 Å². The molecule has 1 rings (SSSR count). The van der Waals surface area contributed by atoms with Crippen LogP contribution in [0.25, 0.3) is 0 Å². The molecule has 96 valence electrons. The molecule has 1 heterocycles. The van der Waals surface area contributed by atoms with Crippen LogP contribution in [0.2, 0.25) is 0 Å². The lowest BCUT2D eigenvalue weighted by atomic mass is 10.2. The maximum absolute atomic E-state index is 11.9. The highest BCUT2D eigenvalue weighted by atomic mass is 32.1. The van der Waals surface area contributed by atoms with Crippen molar-refractivity contribution in [3.05, 3.63) is 21.9 Å². The number of hydrogen-bond acceptors (Lipinski definition) is 4. The Morgan fingerprint density at radius 1 is 1.47 bits per heavy atom. The summed E-state index contributed by atoms with van der Waals surface area (Å²) in [5, 5.41) is 3.27. The summed E-state index contributed by atoms with van der Waals surface area (Å²) in [4.78, 5) is 14.1. The molecule has 4 heteroatoms. The van der Waals surface area contributed by atoms with Crippen molar-refractivity contribution in [3.8, 4) is 0 Å². The highest BCUT2D eigenvalue weighted by molar-refractivity contribution is 7.12. The predicted octanol–water partition coefficient (Wildman–Crippen LogP) is 2.91. The Morgan fingerprint density at radius 3 is 2.65 bits per heavy atom. The Kier molecular flexibility index (Phi) is 5.65. The highest BCUT2D eigenvalue weighted by Crippen LogP contribution is 2.24. The third kappa shape index (κ3) is 4.48. The topological polar surface area (TPSA) is 38.3 Å². The number of rotatable bonds is 6. The fourth-order valence-electron chi connectivity index (χ4n) is 1.49. The predicted molar refractivity (Wildman–Crippen MR) is 71.3 cm³/mol. The first-order valence-corrected chi connectivity index (χ1v) is 6.82. The molecule has 0 saturated heterocycles. The van der Waals surface area contributed by atoms with Crippen LogP contribution in [0.15, 0.2) is 12.1 Å². The zero-order valence-electron chi connectivity index (χ0n) is 10.9. The molecule has 0 aliphatic carbocycles. The minimum absolute atomic E-state index is 0.185. The van der Waals surface area contributed by atoms with Gasteiger partial charge < -0.3 is 4.74 Å². The number of nitrogens with one attached hydrogen (secondary N) is 1. The molecule has 0 radical (unpaired) electrons. The minimum Gasteiger partial charge on any atom is -0.465 e. The van der Waals surface area contributed by atoms with Gasteiger partial charge >= 0.3 is 5.97 Å². The Bertz CT molecular complexity index is 360. The zero-order valence-corrected chi connectivity index (χ0v) is 11.8. The van der Waals surface area contributed by atoms with E-state index in [9.17, 15) is 4.79 Å². The normalized spacial score (nSPS) is 12.8. The van der Waals surface area contributed by atoms with E-state index in [1.165, 1.54) is 4.88 Å². The second-order valence-corrected chi connectivity index (χ2v) is 5.76. The molecule has 0 spiro atoms. The Labute approximate surface area is 107 Å². The number of carbonyl (C=O) groups is 1. The van der Waals surface area contributed by atoms with Crippen molar-refractivity contribution < 1.29 is 9.53 Å². The average molecular weight is 255 g/mol. The van der Waals surface area contributed by atoms with Crippen molar-refractivity contribution >= 4 is 17.3 Å². The molecule has 1 atom stereocenters. The molecular formula is C13H21NO2S. The Hall–Kier alpha value is -0.870. The zero-order chi connectivity index (χ0) is 12.8. The van der Waals surface area contributed by atoms with Gasteiger partial charge in [0.05, 0.1) is 6.61 Å². The molecule has 0 fully saturated rings. The van der Waals surface area contributed by atoms with Crippen LogP contribution in [-0.4, -0.2) is 19.1 Å². The van der Waals surface area contributed by atoms with Crippen molar-refractivity contribution in [2.24, 2.45) is 5.92 Å². The van der Waals surface area contributed by atoms with Gasteiger partial charge in [-0.15, -0.1) is 11.3 Å². The molecule has 0 aliphatic rings. The van der Waals surface area contributed by atoms with Gasteiger partial charge in [0.25, 0.3) is 0 Å². The standard InChI is InChI=1S/C13H21NO2S/c1-5-16-13(15)12(14-8-9(2)3)11-7-6-10(4)17-11/h6-7,9,12,14H,5,8H2,1-4H3. The van der Waals surface area contributed by atoms with Gasteiger partial charge in [-0.25, -0.2) is 4.79 Å². The van der Waals surface area contributed by atoms with E-state index in [0.717, 1.165) is 11.4 Å². The third-order valence-corrected chi connectivity index (χ3v) is 3.36. The van der Waals surface area contributed by atoms with Gasteiger partial charge in [-0.2, -0.15) is 0 Å². The van der Waals surface area contributed by atoms with Crippen LogP contribution in [0, 0.1) is 12.8 Å². The smallest absolute Gasteiger partial charge is 0.328 e. The highest BCUT2D eigenvalue weighted by Gasteiger charge is 2.22. The summed E-state index contributed by atoms with van der Waals surface area (Å²) >= 11 is 1.64. The van der Waals surface area contributed by atoms with Crippen LogP contribution in [0.5, 0.6) is 0 Å². The summed E-state index contributed by atoms with van der Waals surface area (Å²) in [6, 6.07) is 3.70. The van der Waals surface area contributed by atoms with Crippen LogP contribution in [0.3, 0.4) is 0 Å². The second kappa shape index (κ2) is 6.77. The molecule has 3 nitrogen and oxygen atoms in total. The lowest BCUT2D eigenvalue weighted by molar-refractivity contribution is -0.145. The molecule has 0 aliphatic heterocycles. The van der Waals surface area contributed by atoms with Gasteiger partial charge in [-0.05, 0) is 38.4 Å². The summed E-state index contributed by atoms with van der Waals surface area (Å²) in [7, 11) is 0. The van der Waals surface area contributed by atoms with Gasteiger partial charge in [0.2, 0.25) is 0 Å². The van der Waals surface area contributed by atoms with Crippen LogP contribution in [0.1, 0.15) is 36.6 Å². The van der Waals surface area contributed by atoms with E-state index in [-0.39, 0.29) is 12.0 Å². The molecule has 0 saturated carbocycles. The molecule has 17 heavy (non-hydrogen) atoms. The van der Waals surface area contributed by atoms with Gasteiger partial charge in [0.15, 0.2) is 0 Å². The van der Waals surface area contributed by atoms with Gasteiger partial charge in [-0.3, -0.25) is 5.32 Å². The van der Waals surface area contributed by atoms with Crippen LogP contribution >= 0.6 is 11.3 Å². The number of carbonyl (C=O) groups excluding carboxylic acids is 1. The SMILES string of the molecule is CCOC(=O)C(NCC(C)C)c1ccc(C)s1. The molecule has 0 aromatic carbocycles. The fourth-order valence-corrected chi connectivity index (χ4v) is 2.43. The maximum atomic E-state index is 11.9. The lowest BCUT2D eigenvalue weighted by Crippen LogP contribution is -2.32. The van der Waals surface area contributed by atoms with E-state index in [2.05, 4.69) is 19.2 Å². The molecule has 1 aromatic rings. The number of aryl methyl sites for hydroxylation is 1. The van der Waals surface area contributed by atoms with E-state index >= 15 is 0 Å². The van der Waals surface area contributed by atoms with E-state index in [0.29, 0.717) is 12.5 Å². The number of esters is 1. The lowest BCUT2D eigenvalue weighted by Gasteiger charge is -2.17. The monoisotopic (exact) mass is 255 g/mol. The van der Waals surface area contributed by atoms with E-state index in [4.69, 9.17) is 4.74 Å². The first kappa shape index (κ1) is 14.2. The fraction of sp³-hybridized carbons (Fsp3) is 0.615. The quantitative estimate of drug-likeness (QED) is 0.794. The number of hydrogen-bond donors (Lipinski definition) is 1. The van der Waals surface area contributed by atoms with Gasteiger partial charge in [0.1, 0.15) is 6.04 Å². The molecular weight excluding hydrogens is 234 g/mol. The van der Waals surface area contributed by atoms with E-state index < -0.39 is 0 Å². The Balaban J connectivity index is 2.74. The van der Waals surface area contributed by atoms with Crippen LogP contribution in [0.4, 0.5) is 0 Å². The van der Waals surface area contributed by atoms with Crippen molar-refractivity contribution in [1.82, 2.24) is 5.32 Å². The maximum Gasteiger partial charge on any atom is 0.328 e. The first-order valence-electron chi connectivity index (χ1n) is 6.01. The summed E-state index contributed by atoms with van der Waals surface area (Å²) in [5.74, 6) is 0.322. The summed E-state index contributed by atoms with van der Waals surface area (Å²) in [5.41, 5.74) is 0. The minimum atomic E-state index is -0.323. The van der Waals surface area contributed by atoms with Crippen molar-refractivity contribution in [3.63, 3.8) is 0 Å². The number of ether oxygens (including phenoxy) is 1.